The number of allylic oxidation sites excluding steroid dienone is 1. The van der Waals surface area contributed by atoms with Crippen molar-refractivity contribution in [2.45, 2.75) is 12.5 Å². The van der Waals surface area contributed by atoms with E-state index in [0.717, 1.165) is 25.6 Å². The molecule has 0 amide bonds. The van der Waals surface area contributed by atoms with Gasteiger partial charge < -0.3 is 24.7 Å². The Bertz CT molecular complexity index is 1310. The molecular weight excluding hydrogens is 576 g/mol. The smallest absolute Gasteiger partial charge is 0.231 e. The van der Waals surface area contributed by atoms with E-state index in [2.05, 4.69) is 37.9 Å². The van der Waals surface area contributed by atoms with E-state index >= 15 is 0 Å². The van der Waals surface area contributed by atoms with Crippen LogP contribution in [0, 0.1) is 11.3 Å². The van der Waals surface area contributed by atoms with Crippen molar-refractivity contribution in [1.29, 1.82) is 5.26 Å². The molecule has 0 aliphatic carbocycles. The van der Waals surface area contributed by atoms with Crippen LogP contribution in [0.4, 0.5) is 0 Å². The molecule has 0 aromatic heterocycles. The maximum absolute atomic E-state index is 9.85. The molecule has 3 aromatic rings. The lowest BCUT2D eigenvalue weighted by Gasteiger charge is -2.27. The molecule has 2 heterocycles. The normalized spacial score (nSPS) is 16.1. The predicted octanol–water partition coefficient (Wildman–Crippen LogP) is 6.39. The van der Waals surface area contributed by atoms with Crippen LogP contribution in [0.25, 0.3) is 0 Å². The van der Waals surface area contributed by atoms with Crippen molar-refractivity contribution in [3.8, 4) is 29.1 Å². The summed E-state index contributed by atoms with van der Waals surface area (Å²) in [5.41, 5.74) is 9.00. The third-order valence-corrected chi connectivity index (χ3v) is 6.79. The summed E-state index contributed by atoms with van der Waals surface area (Å²) in [6, 6.07) is 17.1. The maximum Gasteiger partial charge on any atom is 0.231 e. The van der Waals surface area contributed by atoms with Crippen molar-refractivity contribution in [3.63, 3.8) is 0 Å². The number of hydrogen-bond donors (Lipinski definition) is 1. The second kappa shape index (κ2) is 8.82. The number of hydrogen-bond acceptors (Lipinski definition) is 6. The molecule has 0 saturated carbocycles. The van der Waals surface area contributed by atoms with E-state index in [-0.39, 0.29) is 12.7 Å². The highest BCUT2D eigenvalue weighted by Crippen LogP contribution is 2.49. The molecule has 166 valence electrons. The third-order valence-electron chi connectivity index (χ3n) is 5.36. The Morgan fingerprint density at radius 2 is 1.70 bits per heavy atom. The van der Waals surface area contributed by atoms with Crippen molar-refractivity contribution in [3.05, 3.63) is 90.6 Å². The molecule has 2 aliphatic heterocycles. The molecule has 0 bridgehead atoms. The van der Waals surface area contributed by atoms with E-state index in [1.165, 1.54) is 0 Å². The van der Waals surface area contributed by atoms with Gasteiger partial charge in [0.2, 0.25) is 12.7 Å². The molecule has 0 fully saturated rings. The molecule has 0 unspecified atom stereocenters. The molecule has 0 saturated heterocycles. The summed E-state index contributed by atoms with van der Waals surface area (Å²) in [5.74, 6) is 1.95. The number of nitriles is 1. The first-order chi connectivity index (χ1) is 15.9. The van der Waals surface area contributed by atoms with E-state index in [1.807, 2.05) is 42.5 Å². The van der Waals surface area contributed by atoms with Crippen molar-refractivity contribution >= 4 is 43.5 Å². The summed E-state index contributed by atoms with van der Waals surface area (Å²) in [6.45, 7) is 0.501. The van der Waals surface area contributed by atoms with Crippen LogP contribution in [-0.2, 0) is 6.61 Å². The van der Waals surface area contributed by atoms with Crippen molar-refractivity contribution in [2.24, 2.45) is 5.73 Å². The highest BCUT2D eigenvalue weighted by atomic mass is 79.9. The number of benzene rings is 3. The number of nitrogens with two attached hydrogens (primary N) is 1. The lowest BCUT2D eigenvalue weighted by molar-refractivity contribution is 0.174. The molecule has 5 rings (SSSR count). The van der Waals surface area contributed by atoms with Gasteiger partial charge >= 0.3 is 0 Å². The zero-order valence-corrected chi connectivity index (χ0v) is 20.8. The van der Waals surface area contributed by atoms with Crippen LogP contribution in [0.15, 0.2) is 68.9 Å². The van der Waals surface area contributed by atoms with Crippen LogP contribution in [0.5, 0.6) is 23.0 Å². The van der Waals surface area contributed by atoms with Crippen molar-refractivity contribution in [2.75, 3.05) is 6.79 Å². The van der Waals surface area contributed by atoms with Gasteiger partial charge in [0.15, 0.2) is 11.5 Å². The molecule has 2 N–H and O–H groups in total. The van der Waals surface area contributed by atoms with Gasteiger partial charge in [-0.2, -0.15) is 5.26 Å². The topological polar surface area (TPSA) is 86.7 Å². The Morgan fingerprint density at radius 3 is 2.36 bits per heavy atom. The monoisotopic (exact) mass is 588 g/mol. The maximum atomic E-state index is 9.85. The highest BCUT2D eigenvalue weighted by Gasteiger charge is 2.34. The van der Waals surface area contributed by atoms with Gasteiger partial charge in [0.1, 0.15) is 29.7 Å². The summed E-state index contributed by atoms with van der Waals surface area (Å²) in [5, 5.41) is 10.5. The zero-order chi connectivity index (χ0) is 23.1. The van der Waals surface area contributed by atoms with Crippen LogP contribution >= 0.6 is 43.5 Å². The molecular formula is C24H15Br2ClN2O4. The average molecular weight is 591 g/mol. The van der Waals surface area contributed by atoms with Gasteiger partial charge in [-0.25, -0.2) is 0 Å². The number of rotatable bonds is 4. The quantitative estimate of drug-likeness (QED) is 0.379. The Hall–Kier alpha value is -2.86. The Balaban J connectivity index is 1.52. The third kappa shape index (κ3) is 4.12. The summed E-state index contributed by atoms with van der Waals surface area (Å²) in [7, 11) is 0. The number of fused-ring (bicyclic) bond motifs is 2. The summed E-state index contributed by atoms with van der Waals surface area (Å²) in [6.07, 6.45) is 0. The fourth-order valence-electron chi connectivity index (χ4n) is 3.81. The Kier molecular flexibility index (Phi) is 5.87. The minimum atomic E-state index is -0.453. The van der Waals surface area contributed by atoms with Gasteiger partial charge in [0.05, 0.1) is 14.9 Å². The van der Waals surface area contributed by atoms with E-state index in [1.54, 1.807) is 6.07 Å². The second-order valence-electron chi connectivity index (χ2n) is 7.40. The number of halogens is 3. The molecule has 2 aliphatic rings. The minimum absolute atomic E-state index is 0.0594. The van der Waals surface area contributed by atoms with Crippen LogP contribution < -0.4 is 24.7 Å². The largest absolute Gasteiger partial charge is 0.487 e. The molecule has 9 heteroatoms. The predicted molar refractivity (Wildman–Crippen MR) is 129 cm³/mol. The Morgan fingerprint density at radius 1 is 1.03 bits per heavy atom. The lowest BCUT2D eigenvalue weighted by atomic mass is 9.83. The number of nitrogens with zero attached hydrogens (tertiary/aromatic N) is 1. The first-order valence-corrected chi connectivity index (χ1v) is 11.8. The van der Waals surface area contributed by atoms with E-state index in [4.69, 9.17) is 36.3 Å². The molecule has 3 aromatic carbocycles. The van der Waals surface area contributed by atoms with Gasteiger partial charge in [0, 0.05) is 16.7 Å². The summed E-state index contributed by atoms with van der Waals surface area (Å²) < 4.78 is 24.2. The highest BCUT2D eigenvalue weighted by molar-refractivity contribution is 9.11. The minimum Gasteiger partial charge on any atom is -0.487 e. The molecule has 6 nitrogen and oxygen atoms in total. The van der Waals surface area contributed by atoms with Crippen LogP contribution in [0.2, 0.25) is 5.02 Å². The van der Waals surface area contributed by atoms with Crippen LogP contribution in [0.1, 0.15) is 22.6 Å². The van der Waals surface area contributed by atoms with Crippen LogP contribution in [-0.4, -0.2) is 6.79 Å². The first-order valence-electron chi connectivity index (χ1n) is 9.82. The van der Waals surface area contributed by atoms with Gasteiger partial charge in [0.25, 0.3) is 0 Å². The fourth-order valence-corrected chi connectivity index (χ4v) is 5.39. The van der Waals surface area contributed by atoms with Gasteiger partial charge in [-0.05, 0) is 73.3 Å². The van der Waals surface area contributed by atoms with Crippen molar-refractivity contribution < 1.29 is 18.9 Å². The Labute approximate surface area is 211 Å². The molecule has 0 spiro atoms. The zero-order valence-electron chi connectivity index (χ0n) is 16.9. The molecule has 1 atom stereocenters. The standard InChI is InChI=1S/C24H15Br2ClN2O4/c25-17-5-13(6-18(26)23(17)30-10-12-1-3-14(27)4-2-12)22-15-7-20-21(32-11-31-20)8-19(15)33-24(29)16(22)9-28/h1-8,22H,10-11,29H2/t22-/m1/s1. The van der Waals surface area contributed by atoms with E-state index in [0.29, 0.717) is 40.2 Å². The second-order valence-corrected chi connectivity index (χ2v) is 9.54. The first kappa shape index (κ1) is 22.0. The SMILES string of the molecule is N#CC1=C(N)Oc2cc3c(cc2[C@H]1c1cc(Br)c(OCc2ccc(Cl)cc2)c(Br)c1)OCO3. The number of ether oxygens (including phenoxy) is 4. The average Bonchev–Trinajstić information content (AvgIpc) is 3.24. The van der Waals surface area contributed by atoms with E-state index in [9.17, 15) is 5.26 Å². The molecule has 0 radical (unpaired) electrons. The van der Waals surface area contributed by atoms with Gasteiger partial charge in [-0.1, -0.05) is 23.7 Å². The lowest BCUT2D eigenvalue weighted by Crippen LogP contribution is -2.21. The van der Waals surface area contributed by atoms with Gasteiger partial charge in [-0.15, -0.1) is 0 Å². The van der Waals surface area contributed by atoms with E-state index < -0.39 is 5.92 Å². The summed E-state index contributed by atoms with van der Waals surface area (Å²) >= 11 is 13.2. The summed E-state index contributed by atoms with van der Waals surface area (Å²) in [4.78, 5) is 0. The van der Waals surface area contributed by atoms with Crippen LogP contribution in [0.3, 0.4) is 0 Å². The molecule has 33 heavy (non-hydrogen) atoms. The fraction of sp³-hybridized carbons (Fsp3) is 0.125. The van der Waals surface area contributed by atoms with Gasteiger partial charge in [-0.3, -0.25) is 0 Å². The van der Waals surface area contributed by atoms with Crippen molar-refractivity contribution in [1.82, 2.24) is 0 Å².